The zero-order valence-corrected chi connectivity index (χ0v) is 15.6. The highest BCUT2D eigenvalue weighted by atomic mass is 16.7. The van der Waals surface area contributed by atoms with Crippen LogP contribution in [-0.2, 0) is 18.9 Å². The molecule has 2 unspecified atom stereocenters. The lowest BCUT2D eigenvalue weighted by Gasteiger charge is -2.48. The first-order chi connectivity index (χ1) is 12.5. The predicted molar refractivity (Wildman–Crippen MR) is 91.7 cm³/mol. The van der Waals surface area contributed by atoms with E-state index in [1.807, 2.05) is 0 Å². The SMILES string of the molecule is COC1(OC)[C@@H]2C=C[C@H]1[C@H]1C(O)[C@@H]3[C@H](C(O)[C@H]12)[C@@H]1C=C[C@H]3C1(OC)OC. The maximum atomic E-state index is 11.5. The van der Waals surface area contributed by atoms with Crippen molar-refractivity contribution in [1.82, 2.24) is 0 Å². The molecule has 0 aromatic rings. The van der Waals surface area contributed by atoms with Gasteiger partial charge in [0.1, 0.15) is 0 Å². The van der Waals surface area contributed by atoms with Gasteiger partial charge in [0.2, 0.25) is 0 Å². The molecule has 5 aliphatic rings. The van der Waals surface area contributed by atoms with Crippen molar-refractivity contribution in [3.8, 4) is 0 Å². The van der Waals surface area contributed by atoms with Crippen molar-refractivity contribution in [2.75, 3.05) is 28.4 Å². The van der Waals surface area contributed by atoms with E-state index in [1.165, 1.54) is 0 Å². The van der Waals surface area contributed by atoms with Gasteiger partial charge in [-0.15, -0.1) is 0 Å². The molecule has 3 saturated carbocycles. The van der Waals surface area contributed by atoms with Gasteiger partial charge >= 0.3 is 0 Å². The number of ether oxygens (including phenoxy) is 4. The molecule has 6 nitrogen and oxygen atoms in total. The molecule has 0 aromatic heterocycles. The number of methoxy groups -OCH3 is 4. The topological polar surface area (TPSA) is 77.4 Å². The number of aliphatic hydroxyl groups excluding tert-OH is 2. The molecule has 0 heterocycles. The molecule has 5 aliphatic carbocycles. The van der Waals surface area contributed by atoms with Crippen molar-refractivity contribution in [2.24, 2.45) is 47.3 Å². The van der Waals surface area contributed by atoms with E-state index in [2.05, 4.69) is 24.3 Å². The van der Waals surface area contributed by atoms with Gasteiger partial charge in [-0.2, -0.15) is 0 Å². The van der Waals surface area contributed by atoms with Gasteiger partial charge in [0.15, 0.2) is 11.6 Å². The summed E-state index contributed by atoms with van der Waals surface area (Å²) in [6.07, 6.45) is 7.25. The van der Waals surface area contributed by atoms with E-state index in [4.69, 9.17) is 18.9 Å². The molecule has 3 fully saturated rings. The second kappa shape index (κ2) is 5.40. The number of hydrogen-bond donors (Lipinski definition) is 2. The van der Waals surface area contributed by atoms with Crippen molar-refractivity contribution in [3.63, 3.8) is 0 Å². The molecule has 4 bridgehead atoms. The predicted octanol–water partition coefficient (Wildman–Crippen LogP) is 0.796. The summed E-state index contributed by atoms with van der Waals surface area (Å²) >= 11 is 0. The Morgan fingerprint density at radius 3 is 0.962 bits per heavy atom. The molecule has 0 amide bonds. The summed E-state index contributed by atoms with van der Waals surface area (Å²) in [6, 6.07) is 0. The van der Waals surface area contributed by atoms with Crippen molar-refractivity contribution >= 4 is 0 Å². The van der Waals surface area contributed by atoms with Crippen LogP contribution in [-0.4, -0.2) is 62.4 Å². The smallest absolute Gasteiger partial charge is 0.180 e. The lowest BCUT2D eigenvalue weighted by atomic mass is 9.59. The van der Waals surface area contributed by atoms with E-state index in [9.17, 15) is 10.2 Å². The normalized spacial score (nSPS) is 53.9. The average molecular weight is 364 g/mol. The van der Waals surface area contributed by atoms with Crippen LogP contribution in [0.25, 0.3) is 0 Å². The molecular formula is C20H28O6. The third-order valence-electron chi connectivity index (χ3n) is 8.31. The summed E-state index contributed by atoms with van der Waals surface area (Å²) in [5.74, 6) is -2.24. The van der Waals surface area contributed by atoms with E-state index in [1.54, 1.807) is 28.4 Å². The molecule has 0 aromatic carbocycles. The van der Waals surface area contributed by atoms with E-state index in [0.717, 1.165) is 0 Å². The van der Waals surface area contributed by atoms with Gasteiger partial charge in [0, 0.05) is 75.8 Å². The van der Waals surface area contributed by atoms with Gasteiger partial charge in [-0.3, -0.25) is 0 Å². The summed E-state index contributed by atoms with van der Waals surface area (Å²) in [4.78, 5) is 0. The maximum absolute atomic E-state index is 11.5. The van der Waals surface area contributed by atoms with Gasteiger partial charge in [-0.25, -0.2) is 0 Å². The van der Waals surface area contributed by atoms with Crippen molar-refractivity contribution in [2.45, 2.75) is 23.8 Å². The highest BCUT2D eigenvalue weighted by molar-refractivity contribution is 5.32. The van der Waals surface area contributed by atoms with E-state index < -0.39 is 23.8 Å². The van der Waals surface area contributed by atoms with Gasteiger partial charge in [-0.1, -0.05) is 24.3 Å². The Kier molecular flexibility index (Phi) is 3.60. The zero-order valence-electron chi connectivity index (χ0n) is 15.6. The van der Waals surface area contributed by atoms with Crippen LogP contribution < -0.4 is 0 Å². The summed E-state index contributed by atoms with van der Waals surface area (Å²) in [7, 11) is 6.61. The Hall–Kier alpha value is -0.760. The Balaban J connectivity index is 1.59. The van der Waals surface area contributed by atoms with Gasteiger partial charge in [0.05, 0.1) is 12.2 Å². The molecule has 0 spiro atoms. The third kappa shape index (κ3) is 1.58. The van der Waals surface area contributed by atoms with Crippen molar-refractivity contribution < 1.29 is 29.2 Å². The number of aliphatic hydroxyl groups is 2. The van der Waals surface area contributed by atoms with Crippen LogP contribution in [0.15, 0.2) is 24.3 Å². The molecule has 6 heteroatoms. The standard InChI is InChI=1S/C20H28O6/c1-23-19(24-2)9-5-6-10(19)14-13(9)17(21)15-11-7-8-12(16(15)18(14)22)20(11,25-3)26-4/h5-18,21-22H,1-4H3/t9-,10+,11+,12-,13+,14-,15-,16+,17?,18?. The van der Waals surface area contributed by atoms with Crippen molar-refractivity contribution in [3.05, 3.63) is 24.3 Å². The molecule has 5 rings (SSSR count). The Morgan fingerprint density at radius 2 is 0.769 bits per heavy atom. The molecule has 0 saturated heterocycles. The fraction of sp³-hybridized carbons (Fsp3) is 0.800. The molecule has 10 atom stereocenters. The Bertz CT molecular complexity index is 551. The Morgan fingerprint density at radius 1 is 0.538 bits per heavy atom. The lowest BCUT2D eigenvalue weighted by molar-refractivity contribution is -0.241. The first-order valence-electron chi connectivity index (χ1n) is 9.45. The fourth-order valence-corrected chi connectivity index (χ4v) is 7.53. The van der Waals surface area contributed by atoms with Crippen LogP contribution in [0.5, 0.6) is 0 Å². The minimum atomic E-state index is -0.790. The minimum Gasteiger partial charge on any atom is -0.392 e. The quantitative estimate of drug-likeness (QED) is 0.568. The van der Waals surface area contributed by atoms with E-state index in [0.29, 0.717) is 0 Å². The fourth-order valence-electron chi connectivity index (χ4n) is 7.53. The summed E-state index contributed by atoms with van der Waals surface area (Å²) in [5.41, 5.74) is 0. The van der Waals surface area contributed by atoms with Gasteiger partial charge < -0.3 is 29.2 Å². The lowest BCUT2D eigenvalue weighted by Crippen LogP contribution is -2.54. The molecule has 2 N–H and O–H groups in total. The zero-order chi connectivity index (χ0) is 18.4. The van der Waals surface area contributed by atoms with Crippen LogP contribution in [0, 0.1) is 47.3 Å². The summed E-state index contributed by atoms with van der Waals surface area (Å²) < 4.78 is 23.3. The highest BCUT2D eigenvalue weighted by Crippen LogP contribution is 2.69. The molecule has 0 aliphatic heterocycles. The monoisotopic (exact) mass is 364 g/mol. The van der Waals surface area contributed by atoms with Gasteiger partial charge in [-0.05, 0) is 0 Å². The van der Waals surface area contributed by atoms with Crippen LogP contribution in [0.4, 0.5) is 0 Å². The highest BCUT2D eigenvalue weighted by Gasteiger charge is 2.75. The maximum Gasteiger partial charge on any atom is 0.180 e. The molecule has 26 heavy (non-hydrogen) atoms. The van der Waals surface area contributed by atoms with E-state index >= 15 is 0 Å². The number of hydrogen-bond acceptors (Lipinski definition) is 6. The second-order valence-corrected chi connectivity index (χ2v) is 8.42. The molecular weight excluding hydrogens is 336 g/mol. The van der Waals surface area contributed by atoms with Crippen LogP contribution in [0.3, 0.4) is 0 Å². The molecule has 144 valence electrons. The minimum absolute atomic E-state index is 0.0688. The first-order valence-corrected chi connectivity index (χ1v) is 9.45. The summed E-state index contributed by atoms with van der Waals surface area (Å²) in [5, 5.41) is 22.9. The Labute approximate surface area is 153 Å². The third-order valence-corrected chi connectivity index (χ3v) is 8.31. The van der Waals surface area contributed by atoms with Crippen LogP contribution >= 0.6 is 0 Å². The second-order valence-electron chi connectivity index (χ2n) is 8.42. The van der Waals surface area contributed by atoms with Crippen molar-refractivity contribution in [1.29, 1.82) is 0 Å². The number of rotatable bonds is 4. The van der Waals surface area contributed by atoms with E-state index in [-0.39, 0.29) is 47.3 Å². The number of fused-ring (bicyclic) bond motifs is 10. The largest absolute Gasteiger partial charge is 0.392 e. The van der Waals surface area contributed by atoms with Crippen LogP contribution in [0.2, 0.25) is 0 Å². The first kappa shape index (κ1) is 17.3. The van der Waals surface area contributed by atoms with Gasteiger partial charge in [0.25, 0.3) is 0 Å². The van der Waals surface area contributed by atoms with Crippen LogP contribution in [0.1, 0.15) is 0 Å². The summed E-state index contributed by atoms with van der Waals surface area (Å²) in [6.45, 7) is 0. The molecule has 0 radical (unpaired) electrons. The average Bonchev–Trinajstić information content (AvgIpc) is 3.38.